The minimum absolute atomic E-state index is 0.222. The van der Waals surface area contributed by atoms with Gasteiger partial charge in [-0.15, -0.1) is 0 Å². The molecule has 0 bridgehead atoms. The summed E-state index contributed by atoms with van der Waals surface area (Å²) in [6, 6.07) is 3.95. The van der Waals surface area contributed by atoms with E-state index >= 15 is 0 Å². The zero-order chi connectivity index (χ0) is 14.7. The standard InChI is InChI=1S/C13H13N5O2S/c19-12(11-7-15-13(20)16-11)14-3-5-18-4-1-10(17-18)9-2-6-21-8-9/h1-2,4,6-8H,3,5H2,(H,14,19)(H2,15,16,20). The van der Waals surface area contributed by atoms with Gasteiger partial charge in [0.15, 0.2) is 0 Å². The third-order valence-electron chi connectivity index (χ3n) is 2.92. The second-order valence-corrected chi connectivity index (χ2v) is 5.17. The molecule has 0 saturated heterocycles. The van der Waals surface area contributed by atoms with Crippen LogP contribution in [0.5, 0.6) is 0 Å². The molecule has 3 rings (SSSR count). The lowest BCUT2D eigenvalue weighted by atomic mass is 10.2. The number of hydrogen-bond acceptors (Lipinski definition) is 4. The highest BCUT2D eigenvalue weighted by atomic mass is 32.1. The molecule has 0 aliphatic carbocycles. The number of carbonyl (C=O) groups excluding carboxylic acids is 1. The molecule has 3 heterocycles. The number of nitrogens with one attached hydrogen (secondary N) is 3. The van der Waals surface area contributed by atoms with Crippen molar-refractivity contribution in [3.05, 3.63) is 51.5 Å². The lowest BCUT2D eigenvalue weighted by molar-refractivity contribution is 0.0947. The molecule has 0 fully saturated rings. The van der Waals surface area contributed by atoms with Crippen LogP contribution in [0.2, 0.25) is 0 Å². The second kappa shape index (κ2) is 5.80. The third-order valence-corrected chi connectivity index (χ3v) is 3.61. The van der Waals surface area contributed by atoms with E-state index in [-0.39, 0.29) is 11.6 Å². The number of carbonyl (C=O) groups is 1. The molecule has 0 radical (unpaired) electrons. The van der Waals surface area contributed by atoms with Crippen molar-refractivity contribution in [2.24, 2.45) is 0 Å². The van der Waals surface area contributed by atoms with Gasteiger partial charge in [-0.1, -0.05) is 0 Å². The largest absolute Gasteiger partial charge is 0.349 e. The first-order chi connectivity index (χ1) is 10.2. The monoisotopic (exact) mass is 303 g/mol. The number of imidazole rings is 1. The smallest absolute Gasteiger partial charge is 0.323 e. The molecule has 0 saturated carbocycles. The van der Waals surface area contributed by atoms with E-state index in [0.29, 0.717) is 13.1 Å². The lowest BCUT2D eigenvalue weighted by Gasteiger charge is -2.03. The number of thiophene rings is 1. The number of aromatic amines is 2. The molecule has 3 aromatic rings. The van der Waals surface area contributed by atoms with Gasteiger partial charge in [-0.2, -0.15) is 16.4 Å². The molecule has 0 aliphatic heterocycles. The Labute approximate surface area is 123 Å². The van der Waals surface area contributed by atoms with E-state index in [1.165, 1.54) is 6.20 Å². The Morgan fingerprint density at radius 1 is 1.43 bits per heavy atom. The molecule has 3 aromatic heterocycles. The van der Waals surface area contributed by atoms with Crippen molar-refractivity contribution in [3.63, 3.8) is 0 Å². The highest BCUT2D eigenvalue weighted by Gasteiger charge is 2.07. The van der Waals surface area contributed by atoms with Crippen LogP contribution in [0.4, 0.5) is 0 Å². The third kappa shape index (κ3) is 3.11. The van der Waals surface area contributed by atoms with Gasteiger partial charge in [0.2, 0.25) is 0 Å². The van der Waals surface area contributed by atoms with Crippen molar-refractivity contribution < 1.29 is 4.79 Å². The Hall–Kier alpha value is -2.61. The van der Waals surface area contributed by atoms with E-state index in [2.05, 4.69) is 20.4 Å². The fourth-order valence-electron chi connectivity index (χ4n) is 1.88. The number of amides is 1. The zero-order valence-electron chi connectivity index (χ0n) is 11.0. The van der Waals surface area contributed by atoms with Crippen LogP contribution < -0.4 is 11.0 Å². The van der Waals surface area contributed by atoms with Crippen LogP contribution in [-0.4, -0.2) is 32.2 Å². The molecule has 0 aromatic carbocycles. The molecule has 108 valence electrons. The van der Waals surface area contributed by atoms with Gasteiger partial charge >= 0.3 is 5.69 Å². The zero-order valence-corrected chi connectivity index (χ0v) is 11.8. The minimum Gasteiger partial charge on any atom is -0.349 e. The normalized spacial score (nSPS) is 10.7. The van der Waals surface area contributed by atoms with E-state index in [1.54, 1.807) is 16.0 Å². The first-order valence-corrected chi connectivity index (χ1v) is 7.28. The summed E-state index contributed by atoms with van der Waals surface area (Å²) in [4.78, 5) is 27.4. The Bertz CT molecular complexity index is 783. The van der Waals surface area contributed by atoms with E-state index in [1.807, 2.05) is 29.1 Å². The summed E-state index contributed by atoms with van der Waals surface area (Å²) in [5.74, 6) is -0.321. The van der Waals surface area contributed by atoms with Crippen molar-refractivity contribution in [2.75, 3.05) is 6.54 Å². The van der Waals surface area contributed by atoms with Crippen LogP contribution in [0.15, 0.2) is 40.1 Å². The Balaban J connectivity index is 1.54. The summed E-state index contributed by atoms with van der Waals surface area (Å²) < 4.78 is 1.77. The highest BCUT2D eigenvalue weighted by Crippen LogP contribution is 2.19. The molecule has 21 heavy (non-hydrogen) atoms. The summed E-state index contributed by atoms with van der Waals surface area (Å²) in [6.45, 7) is 0.987. The van der Waals surface area contributed by atoms with Gasteiger partial charge in [0.25, 0.3) is 5.91 Å². The Kier molecular flexibility index (Phi) is 3.69. The van der Waals surface area contributed by atoms with Crippen LogP contribution in [0.1, 0.15) is 10.5 Å². The number of H-pyrrole nitrogens is 2. The van der Waals surface area contributed by atoms with Gasteiger partial charge in [0.1, 0.15) is 5.69 Å². The van der Waals surface area contributed by atoms with Gasteiger partial charge in [0, 0.05) is 29.9 Å². The van der Waals surface area contributed by atoms with E-state index in [4.69, 9.17) is 0 Å². The number of aromatic nitrogens is 4. The summed E-state index contributed by atoms with van der Waals surface area (Å²) in [5.41, 5.74) is 1.83. The van der Waals surface area contributed by atoms with Crippen LogP contribution in [0, 0.1) is 0 Å². The molecule has 0 aliphatic rings. The molecule has 0 unspecified atom stereocenters. The van der Waals surface area contributed by atoms with Gasteiger partial charge in [-0.05, 0) is 17.5 Å². The molecular weight excluding hydrogens is 290 g/mol. The van der Waals surface area contributed by atoms with Crippen LogP contribution in [0.3, 0.4) is 0 Å². The van der Waals surface area contributed by atoms with Crippen molar-refractivity contribution in [1.82, 2.24) is 25.1 Å². The van der Waals surface area contributed by atoms with E-state index < -0.39 is 5.69 Å². The quantitative estimate of drug-likeness (QED) is 0.657. The fourth-order valence-corrected chi connectivity index (χ4v) is 2.53. The van der Waals surface area contributed by atoms with Crippen LogP contribution >= 0.6 is 11.3 Å². The SMILES string of the molecule is O=C(NCCn1ccc(-c2ccsc2)n1)c1c[nH]c(=O)[nH]1. The summed E-state index contributed by atoms with van der Waals surface area (Å²) >= 11 is 1.63. The number of hydrogen-bond donors (Lipinski definition) is 3. The van der Waals surface area contributed by atoms with Crippen molar-refractivity contribution in [2.45, 2.75) is 6.54 Å². The maximum absolute atomic E-state index is 11.7. The van der Waals surface area contributed by atoms with Gasteiger partial charge < -0.3 is 15.3 Å². The maximum Gasteiger partial charge on any atom is 0.323 e. The highest BCUT2D eigenvalue weighted by molar-refractivity contribution is 7.08. The van der Waals surface area contributed by atoms with Gasteiger partial charge in [-0.25, -0.2) is 4.79 Å². The van der Waals surface area contributed by atoms with Crippen molar-refractivity contribution in [1.29, 1.82) is 0 Å². The predicted molar refractivity (Wildman–Crippen MR) is 79.3 cm³/mol. The summed E-state index contributed by atoms with van der Waals surface area (Å²) in [5, 5.41) is 11.2. The predicted octanol–water partition coefficient (Wildman–Crippen LogP) is 1.06. The molecule has 8 heteroatoms. The van der Waals surface area contributed by atoms with Crippen LogP contribution in [-0.2, 0) is 6.54 Å². The first-order valence-electron chi connectivity index (χ1n) is 6.34. The van der Waals surface area contributed by atoms with E-state index in [9.17, 15) is 9.59 Å². The number of nitrogens with zero attached hydrogens (tertiary/aromatic N) is 2. The van der Waals surface area contributed by atoms with Crippen molar-refractivity contribution >= 4 is 17.2 Å². The number of rotatable bonds is 5. The Morgan fingerprint density at radius 2 is 2.33 bits per heavy atom. The minimum atomic E-state index is -0.396. The molecule has 1 amide bonds. The van der Waals surface area contributed by atoms with Crippen LogP contribution in [0.25, 0.3) is 11.3 Å². The molecule has 3 N–H and O–H groups in total. The Morgan fingerprint density at radius 3 is 3.05 bits per heavy atom. The molecule has 7 nitrogen and oxygen atoms in total. The maximum atomic E-state index is 11.7. The van der Waals surface area contributed by atoms with Crippen molar-refractivity contribution in [3.8, 4) is 11.3 Å². The average Bonchev–Trinajstić information content (AvgIpc) is 3.19. The second-order valence-electron chi connectivity index (χ2n) is 4.39. The van der Waals surface area contributed by atoms with E-state index in [0.717, 1.165) is 11.3 Å². The molecule has 0 atom stereocenters. The first kappa shape index (κ1) is 13.4. The summed E-state index contributed by atoms with van der Waals surface area (Å²) in [7, 11) is 0. The average molecular weight is 303 g/mol. The summed E-state index contributed by atoms with van der Waals surface area (Å²) in [6.07, 6.45) is 3.22. The topological polar surface area (TPSA) is 95.6 Å². The fraction of sp³-hybridized carbons (Fsp3) is 0.154. The van der Waals surface area contributed by atoms with Gasteiger partial charge in [-0.3, -0.25) is 9.48 Å². The molecule has 0 spiro atoms. The molecular formula is C13H13N5O2S. The van der Waals surface area contributed by atoms with Gasteiger partial charge in [0.05, 0.1) is 12.2 Å². The lowest BCUT2D eigenvalue weighted by Crippen LogP contribution is -2.28.